The molecule has 2 aromatic rings. The lowest BCUT2D eigenvalue weighted by atomic mass is 9.98. The van der Waals surface area contributed by atoms with Crippen LogP contribution in [0.3, 0.4) is 0 Å². The summed E-state index contributed by atoms with van der Waals surface area (Å²) >= 11 is 0. The van der Waals surface area contributed by atoms with E-state index >= 15 is 0 Å². The highest BCUT2D eigenvalue weighted by atomic mass is 16.5. The van der Waals surface area contributed by atoms with Gasteiger partial charge in [-0.2, -0.15) is 0 Å². The Kier molecular flexibility index (Phi) is 7.04. The fraction of sp³-hybridized carbons (Fsp3) is 0.609. The Morgan fingerprint density at radius 2 is 1.87 bits per heavy atom. The van der Waals surface area contributed by atoms with Crippen LogP contribution in [0.1, 0.15) is 24.3 Å². The lowest BCUT2D eigenvalue weighted by molar-refractivity contribution is -0.122. The van der Waals surface area contributed by atoms with Crippen LogP contribution >= 0.6 is 0 Å². The maximum Gasteiger partial charge on any atom is 0.150 e. The predicted molar refractivity (Wildman–Crippen MR) is 117 cm³/mol. The summed E-state index contributed by atoms with van der Waals surface area (Å²) in [5, 5.41) is 14.5. The van der Waals surface area contributed by atoms with Gasteiger partial charge in [-0.25, -0.2) is 0 Å². The number of aromatic nitrogens is 1. The highest BCUT2D eigenvalue weighted by Crippen LogP contribution is 2.23. The number of aliphatic hydroxyl groups is 1. The molecule has 2 aliphatic rings. The van der Waals surface area contributed by atoms with Gasteiger partial charge in [0, 0.05) is 50.9 Å². The van der Waals surface area contributed by atoms with Gasteiger partial charge in [0.15, 0.2) is 5.76 Å². The standard InChI is InChI=1S/C23H34N4O3/c1-25(2)17-23-22(28)9-8-20(29-23)14-18-15-21(30-24-18)16-26-10-12-27(13-11-26)19-6-4-3-5-7-19/h3-7,15,20,22-23,28H,8-14,16-17H2,1-2H3/t20-,22-,23+/m0/s1. The SMILES string of the molecule is CN(C)C[C@H]1O[C@H](Cc2cc(CN3CCN(c4ccccc4)CC3)on2)CC[C@@H]1O. The second kappa shape index (κ2) is 9.92. The van der Waals surface area contributed by atoms with Crippen molar-refractivity contribution in [3.63, 3.8) is 0 Å². The zero-order chi connectivity index (χ0) is 20.9. The summed E-state index contributed by atoms with van der Waals surface area (Å²) in [6, 6.07) is 12.7. The maximum atomic E-state index is 10.2. The van der Waals surface area contributed by atoms with Gasteiger partial charge in [0.1, 0.15) is 0 Å². The third kappa shape index (κ3) is 5.60. The van der Waals surface area contributed by atoms with E-state index in [0.717, 1.165) is 70.0 Å². The molecule has 3 heterocycles. The van der Waals surface area contributed by atoms with E-state index in [-0.39, 0.29) is 18.3 Å². The van der Waals surface area contributed by atoms with Crippen LogP contribution in [0.4, 0.5) is 5.69 Å². The molecule has 0 radical (unpaired) electrons. The van der Waals surface area contributed by atoms with Crippen molar-refractivity contribution < 1.29 is 14.4 Å². The number of nitrogens with zero attached hydrogens (tertiary/aromatic N) is 4. The number of likely N-dealkylation sites (N-methyl/N-ethyl adjacent to an activating group) is 1. The van der Waals surface area contributed by atoms with Crippen molar-refractivity contribution in [3.05, 3.63) is 47.9 Å². The minimum absolute atomic E-state index is 0.0886. The Morgan fingerprint density at radius 1 is 1.10 bits per heavy atom. The van der Waals surface area contributed by atoms with Crippen LogP contribution in [0.2, 0.25) is 0 Å². The number of hydrogen-bond acceptors (Lipinski definition) is 7. The van der Waals surface area contributed by atoms with E-state index in [1.807, 2.05) is 14.1 Å². The summed E-state index contributed by atoms with van der Waals surface area (Å²) in [6.07, 6.45) is 1.94. The van der Waals surface area contributed by atoms with E-state index in [2.05, 4.69) is 56.3 Å². The van der Waals surface area contributed by atoms with Crippen LogP contribution in [-0.4, -0.2) is 85.2 Å². The smallest absolute Gasteiger partial charge is 0.150 e. The van der Waals surface area contributed by atoms with Crippen LogP contribution in [0, 0.1) is 0 Å². The van der Waals surface area contributed by atoms with Crippen molar-refractivity contribution in [2.45, 2.75) is 44.1 Å². The summed E-state index contributed by atoms with van der Waals surface area (Å²) in [5.74, 6) is 0.916. The lowest BCUT2D eigenvalue weighted by Gasteiger charge is -2.35. The largest absolute Gasteiger partial charge is 0.390 e. The molecular formula is C23H34N4O3. The molecule has 2 aliphatic heterocycles. The molecule has 0 bridgehead atoms. The first-order valence-corrected chi connectivity index (χ1v) is 11.0. The van der Waals surface area contributed by atoms with Gasteiger partial charge in [0.25, 0.3) is 0 Å². The molecular weight excluding hydrogens is 380 g/mol. The van der Waals surface area contributed by atoms with Crippen molar-refractivity contribution in [1.29, 1.82) is 0 Å². The molecule has 0 spiro atoms. The molecule has 1 aromatic heterocycles. The molecule has 0 unspecified atom stereocenters. The molecule has 3 atom stereocenters. The van der Waals surface area contributed by atoms with Gasteiger partial charge in [-0.05, 0) is 39.1 Å². The zero-order valence-electron chi connectivity index (χ0n) is 18.1. The minimum atomic E-state index is -0.383. The molecule has 4 rings (SSSR count). The van der Waals surface area contributed by atoms with E-state index in [0.29, 0.717) is 0 Å². The second-order valence-corrected chi connectivity index (χ2v) is 8.79. The van der Waals surface area contributed by atoms with Crippen molar-refractivity contribution in [1.82, 2.24) is 15.0 Å². The normalized spacial score (nSPS) is 25.7. The van der Waals surface area contributed by atoms with Gasteiger partial charge >= 0.3 is 0 Å². The van der Waals surface area contributed by atoms with Gasteiger partial charge in [-0.1, -0.05) is 23.4 Å². The summed E-state index contributed by atoms with van der Waals surface area (Å²) in [7, 11) is 4.01. The Hall–Kier alpha value is -1.93. The monoisotopic (exact) mass is 414 g/mol. The molecule has 0 saturated carbocycles. The van der Waals surface area contributed by atoms with Gasteiger partial charge in [-0.3, -0.25) is 4.90 Å². The number of piperazine rings is 1. The Balaban J connectivity index is 1.25. The molecule has 30 heavy (non-hydrogen) atoms. The highest BCUT2D eigenvalue weighted by molar-refractivity contribution is 5.46. The van der Waals surface area contributed by atoms with Crippen LogP contribution < -0.4 is 4.90 Å². The first-order chi connectivity index (χ1) is 14.6. The van der Waals surface area contributed by atoms with E-state index in [4.69, 9.17) is 9.26 Å². The number of rotatable bonds is 7. The van der Waals surface area contributed by atoms with Gasteiger partial charge < -0.3 is 24.2 Å². The quantitative estimate of drug-likeness (QED) is 0.743. The van der Waals surface area contributed by atoms with Crippen LogP contribution in [0.5, 0.6) is 0 Å². The van der Waals surface area contributed by atoms with E-state index < -0.39 is 0 Å². The fourth-order valence-corrected chi connectivity index (χ4v) is 4.41. The van der Waals surface area contributed by atoms with Crippen molar-refractivity contribution >= 4 is 5.69 Å². The lowest BCUT2D eigenvalue weighted by Crippen LogP contribution is -2.45. The number of para-hydroxylation sites is 1. The predicted octanol–water partition coefficient (Wildman–Crippen LogP) is 2.01. The Bertz CT molecular complexity index is 774. The molecule has 0 amide bonds. The average molecular weight is 415 g/mol. The fourth-order valence-electron chi connectivity index (χ4n) is 4.41. The van der Waals surface area contributed by atoms with Crippen LogP contribution in [0.15, 0.2) is 40.9 Å². The molecule has 7 heteroatoms. The van der Waals surface area contributed by atoms with E-state index in [1.54, 1.807) is 0 Å². The third-order valence-corrected chi connectivity index (χ3v) is 6.04. The van der Waals surface area contributed by atoms with Crippen LogP contribution in [-0.2, 0) is 17.7 Å². The summed E-state index contributed by atoms with van der Waals surface area (Å²) in [6.45, 7) is 5.61. The van der Waals surface area contributed by atoms with Gasteiger partial charge in [-0.15, -0.1) is 0 Å². The summed E-state index contributed by atoms with van der Waals surface area (Å²) in [4.78, 5) is 6.91. The molecule has 2 fully saturated rings. The topological polar surface area (TPSA) is 65.2 Å². The average Bonchev–Trinajstić information content (AvgIpc) is 3.18. The molecule has 164 valence electrons. The number of anilines is 1. The first-order valence-electron chi connectivity index (χ1n) is 11.0. The molecule has 1 aromatic carbocycles. The van der Waals surface area contributed by atoms with Crippen molar-refractivity contribution in [3.8, 4) is 0 Å². The summed E-state index contributed by atoms with van der Waals surface area (Å²) < 4.78 is 11.8. The number of hydrogen-bond donors (Lipinski definition) is 1. The Labute approximate surface area is 179 Å². The van der Waals surface area contributed by atoms with Crippen molar-refractivity contribution in [2.24, 2.45) is 0 Å². The molecule has 7 nitrogen and oxygen atoms in total. The maximum absolute atomic E-state index is 10.2. The molecule has 0 aliphatic carbocycles. The number of benzene rings is 1. The third-order valence-electron chi connectivity index (χ3n) is 6.04. The molecule has 1 N–H and O–H groups in total. The Morgan fingerprint density at radius 3 is 2.60 bits per heavy atom. The zero-order valence-corrected chi connectivity index (χ0v) is 18.1. The number of ether oxygens (including phenoxy) is 1. The van der Waals surface area contributed by atoms with Crippen LogP contribution in [0.25, 0.3) is 0 Å². The van der Waals surface area contributed by atoms with E-state index in [1.165, 1.54) is 5.69 Å². The molecule has 2 saturated heterocycles. The minimum Gasteiger partial charge on any atom is -0.390 e. The highest BCUT2D eigenvalue weighted by Gasteiger charge is 2.31. The van der Waals surface area contributed by atoms with Gasteiger partial charge in [0.05, 0.1) is 30.6 Å². The summed E-state index contributed by atoms with van der Waals surface area (Å²) in [5.41, 5.74) is 2.24. The van der Waals surface area contributed by atoms with E-state index in [9.17, 15) is 5.11 Å². The first kappa shape index (κ1) is 21.3. The number of aliphatic hydroxyl groups excluding tert-OH is 1. The van der Waals surface area contributed by atoms with Gasteiger partial charge in [0.2, 0.25) is 0 Å². The van der Waals surface area contributed by atoms with Crippen molar-refractivity contribution in [2.75, 3.05) is 51.7 Å². The second-order valence-electron chi connectivity index (χ2n) is 8.79.